The molecule has 2 aliphatic heterocycles. The summed E-state index contributed by atoms with van der Waals surface area (Å²) < 4.78 is 13.3. The van der Waals surface area contributed by atoms with Crippen LogP contribution in [0.4, 0.5) is 21.1 Å². The van der Waals surface area contributed by atoms with Crippen molar-refractivity contribution in [1.29, 1.82) is 0 Å². The van der Waals surface area contributed by atoms with Gasteiger partial charge in [0.1, 0.15) is 6.33 Å². The Morgan fingerprint density at radius 3 is 2.74 bits per heavy atom. The zero-order valence-electron chi connectivity index (χ0n) is 18.1. The summed E-state index contributed by atoms with van der Waals surface area (Å²) in [5.41, 5.74) is 1.37. The minimum absolute atomic E-state index is 0.190. The lowest BCUT2D eigenvalue weighted by molar-refractivity contribution is -0.148. The number of urea groups is 2. The number of anilines is 2. The molecule has 0 spiro atoms. The van der Waals surface area contributed by atoms with Gasteiger partial charge in [-0.3, -0.25) is 14.7 Å². The van der Waals surface area contributed by atoms with E-state index in [4.69, 9.17) is 9.47 Å². The van der Waals surface area contributed by atoms with Gasteiger partial charge in [0.05, 0.1) is 18.9 Å². The van der Waals surface area contributed by atoms with Gasteiger partial charge in [0.15, 0.2) is 29.3 Å². The summed E-state index contributed by atoms with van der Waals surface area (Å²) in [5.74, 6) is -0.344. The molecule has 4 N–H and O–H groups in total. The van der Waals surface area contributed by atoms with E-state index >= 15 is 0 Å². The van der Waals surface area contributed by atoms with E-state index in [1.165, 1.54) is 19.7 Å². The number of hydrogen-bond acceptors (Lipinski definition) is 8. The number of para-hydroxylation sites is 1. The molecule has 0 aliphatic carbocycles. The minimum Gasteiger partial charge on any atom is -0.457 e. The third kappa shape index (κ3) is 4.08. The molecule has 1 aromatic carbocycles. The second-order valence-electron chi connectivity index (χ2n) is 7.84. The molecule has 2 aromatic heterocycles. The van der Waals surface area contributed by atoms with Crippen molar-refractivity contribution in [3.8, 4) is 0 Å². The van der Waals surface area contributed by atoms with Crippen molar-refractivity contribution in [3.05, 3.63) is 43.0 Å². The van der Waals surface area contributed by atoms with Crippen molar-refractivity contribution in [2.75, 3.05) is 24.2 Å². The van der Waals surface area contributed by atoms with Crippen LogP contribution in [-0.4, -0.2) is 63.4 Å². The molecule has 2 fully saturated rings. The number of carbonyl (C=O) groups excluding carboxylic acids is 3. The van der Waals surface area contributed by atoms with Crippen LogP contribution in [0.3, 0.4) is 0 Å². The molecule has 4 amide bonds. The number of amides is 4. The quantitative estimate of drug-likeness (QED) is 0.408. The Labute approximate surface area is 193 Å². The van der Waals surface area contributed by atoms with Crippen molar-refractivity contribution < 1.29 is 23.9 Å². The van der Waals surface area contributed by atoms with E-state index in [0.29, 0.717) is 16.9 Å². The zero-order chi connectivity index (χ0) is 23.7. The Bertz CT molecular complexity index is 1230. The molecule has 1 unspecified atom stereocenters. The number of esters is 1. The Balaban J connectivity index is 1.37. The average Bonchev–Trinajstić information content (AvgIpc) is 3.52. The van der Waals surface area contributed by atoms with Gasteiger partial charge in [-0.25, -0.2) is 24.5 Å². The number of aromatic nitrogens is 4. The van der Waals surface area contributed by atoms with Crippen LogP contribution in [0.1, 0.15) is 12.6 Å². The Kier molecular flexibility index (Phi) is 5.67. The lowest BCUT2D eigenvalue weighted by atomic mass is 9.97. The van der Waals surface area contributed by atoms with E-state index in [1.54, 1.807) is 16.7 Å². The van der Waals surface area contributed by atoms with Gasteiger partial charge < -0.3 is 25.4 Å². The van der Waals surface area contributed by atoms with Gasteiger partial charge in [-0.1, -0.05) is 18.2 Å². The Morgan fingerprint density at radius 2 is 1.94 bits per heavy atom. The zero-order valence-corrected chi connectivity index (χ0v) is 18.1. The van der Waals surface area contributed by atoms with Crippen molar-refractivity contribution >= 4 is 40.7 Å². The summed E-state index contributed by atoms with van der Waals surface area (Å²) in [7, 11) is 1.52. The van der Waals surface area contributed by atoms with Gasteiger partial charge in [0, 0.05) is 25.2 Å². The summed E-state index contributed by atoms with van der Waals surface area (Å²) in [5, 5.41) is 10.6. The molecule has 3 aromatic rings. The molecule has 34 heavy (non-hydrogen) atoms. The first-order valence-corrected chi connectivity index (χ1v) is 10.6. The molecule has 4 atom stereocenters. The molecule has 4 heterocycles. The predicted octanol–water partition coefficient (Wildman–Crippen LogP) is 1.23. The molecule has 13 nitrogen and oxygen atoms in total. The third-order valence-electron chi connectivity index (χ3n) is 5.75. The first kappa shape index (κ1) is 21.6. The number of hydrogen-bond donors (Lipinski definition) is 4. The third-order valence-corrected chi connectivity index (χ3v) is 5.75. The van der Waals surface area contributed by atoms with E-state index in [-0.39, 0.29) is 36.7 Å². The first-order valence-electron chi connectivity index (χ1n) is 10.6. The minimum atomic E-state index is -0.696. The van der Waals surface area contributed by atoms with E-state index in [2.05, 4.69) is 36.2 Å². The Hall–Kier alpha value is -4.26. The monoisotopic (exact) mass is 466 g/mol. The lowest BCUT2D eigenvalue weighted by Crippen LogP contribution is -2.40. The van der Waals surface area contributed by atoms with Gasteiger partial charge in [-0.05, 0) is 12.1 Å². The molecule has 13 heteroatoms. The van der Waals surface area contributed by atoms with Gasteiger partial charge in [-0.15, -0.1) is 0 Å². The number of ether oxygens (including phenoxy) is 2. The highest BCUT2D eigenvalue weighted by Gasteiger charge is 2.53. The van der Waals surface area contributed by atoms with Gasteiger partial charge in [0.2, 0.25) is 0 Å². The first-order chi connectivity index (χ1) is 16.5. The fourth-order valence-electron chi connectivity index (χ4n) is 4.19. The molecule has 0 saturated carbocycles. The van der Waals surface area contributed by atoms with Crippen molar-refractivity contribution in [2.24, 2.45) is 5.92 Å². The fourth-order valence-corrected chi connectivity index (χ4v) is 4.19. The van der Waals surface area contributed by atoms with Crippen LogP contribution in [0.25, 0.3) is 11.2 Å². The maximum Gasteiger partial charge on any atom is 0.324 e. The van der Waals surface area contributed by atoms with Crippen molar-refractivity contribution in [3.63, 3.8) is 0 Å². The van der Waals surface area contributed by atoms with Gasteiger partial charge in [0.25, 0.3) is 0 Å². The van der Waals surface area contributed by atoms with Crippen LogP contribution in [0.2, 0.25) is 0 Å². The number of rotatable bonds is 5. The Morgan fingerprint density at radius 1 is 1.12 bits per heavy atom. The number of benzene rings is 1. The van der Waals surface area contributed by atoms with Gasteiger partial charge in [-0.2, -0.15) is 0 Å². The van der Waals surface area contributed by atoms with Crippen molar-refractivity contribution in [2.45, 2.75) is 24.9 Å². The summed E-state index contributed by atoms with van der Waals surface area (Å²) in [6.45, 7) is 0.210. The summed E-state index contributed by atoms with van der Waals surface area (Å²) in [4.78, 5) is 48.9. The van der Waals surface area contributed by atoms with Crippen molar-refractivity contribution in [1.82, 2.24) is 30.2 Å². The smallest absolute Gasteiger partial charge is 0.324 e. The summed E-state index contributed by atoms with van der Waals surface area (Å²) >= 11 is 0. The van der Waals surface area contributed by atoms with E-state index < -0.39 is 24.5 Å². The van der Waals surface area contributed by atoms with Crippen LogP contribution < -0.4 is 21.3 Å². The van der Waals surface area contributed by atoms with E-state index in [0.717, 1.165) is 0 Å². The summed E-state index contributed by atoms with van der Waals surface area (Å²) in [6.07, 6.45) is 1.30. The molecule has 176 valence electrons. The number of carbonyl (C=O) groups is 3. The van der Waals surface area contributed by atoms with Crippen LogP contribution >= 0.6 is 0 Å². The normalized spacial score (nSPS) is 23.3. The molecule has 5 rings (SSSR count). The standard InChI is InChI=1S/C21H22N8O5/c1-22-20(31)23-8-13-12-7-14(30)34-16(12)19(33-13)29-10-26-15-17(24-9-25-18(15)29)28-21(32)27-11-5-3-2-4-6-11/h2-6,9-10,12-13,16,19H,7-8H2,1H3,(H2,22,23,31)(H2,24,25,27,28,32)/t12-,13-,16?,19-/m1/s1. The fraction of sp³-hybridized carbons (Fsp3) is 0.333. The predicted molar refractivity (Wildman–Crippen MR) is 119 cm³/mol. The average molecular weight is 466 g/mol. The van der Waals surface area contributed by atoms with E-state index in [9.17, 15) is 14.4 Å². The highest BCUT2D eigenvalue weighted by atomic mass is 16.6. The highest BCUT2D eigenvalue weighted by Crippen LogP contribution is 2.43. The molecule has 2 aliphatic rings. The molecule has 2 saturated heterocycles. The number of nitrogens with one attached hydrogen (secondary N) is 4. The largest absolute Gasteiger partial charge is 0.457 e. The summed E-state index contributed by atoms with van der Waals surface area (Å²) in [6, 6.07) is 8.15. The second kappa shape index (κ2) is 8.94. The topological polar surface area (TPSA) is 161 Å². The maximum absolute atomic E-state index is 12.4. The number of imidazole rings is 1. The van der Waals surface area contributed by atoms with Crippen LogP contribution in [0, 0.1) is 5.92 Å². The molecule has 0 bridgehead atoms. The maximum atomic E-state index is 12.4. The van der Waals surface area contributed by atoms with Crippen LogP contribution in [-0.2, 0) is 14.3 Å². The molecular weight excluding hydrogens is 444 g/mol. The molecule has 0 radical (unpaired) electrons. The lowest BCUT2D eigenvalue weighted by Gasteiger charge is -2.19. The highest BCUT2D eigenvalue weighted by molar-refractivity contribution is 6.02. The number of fused-ring (bicyclic) bond motifs is 2. The van der Waals surface area contributed by atoms with E-state index in [1.807, 2.05) is 18.2 Å². The van der Waals surface area contributed by atoms with Crippen LogP contribution in [0.15, 0.2) is 43.0 Å². The van der Waals surface area contributed by atoms with Gasteiger partial charge >= 0.3 is 18.0 Å². The SMILES string of the molecule is CNC(=O)NC[C@H]1O[C@@H](n2cnc3c(NC(=O)Nc4ccccc4)ncnc32)C2OC(=O)C[C@@H]21. The second-order valence-corrected chi connectivity index (χ2v) is 7.84. The molecular formula is C21H22N8O5. The number of nitrogens with zero attached hydrogens (tertiary/aromatic N) is 4. The van der Waals surface area contributed by atoms with Crippen LogP contribution in [0.5, 0.6) is 0 Å².